The van der Waals surface area contributed by atoms with E-state index in [1.807, 2.05) is 0 Å². The van der Waals surface area contributed by atoms with Gasteiger partial charge in [0, 0.05) is 10.6 Å². The predicted molar refractivity (Wildman–Crippen MR) is 74.5 cm³/mol. The topological polar surface area (TPSA) is 64.6 Å². The highest BCUT2D eigenvalue weighted by Gasteiger charge is 2.21. The van der Waals surface area contributed by atoms with E-state index in [0.717, 1.165) is 5.56 Å². The van der Waals surface area contributed by atoms with Crippen LogP contribution in [0.25, 0.3) is 6.08 Å². The van der Waals surface area contributed by atoms with Crippen LogP contribution >= 0.6 is 11.6 Å². The zero-order valence-corrected chi connectivity index (χ0v) is 11.9. The fourth-order valence-corrected chi connectivity index (χ4v) is 1.99. The van der Waals surface area contributed by atoms with Crippen LogP contribution in [-0.4, -0.2) is 31.6 Å². The van der Waals surface area contributed by atoms with Crippen LogP contribution < -0.4 is 10.1 Å². The Bertz CT molecular complexity index is 583. The van der Waals surface area contributed by atoms with E-state index in [-0.39, 0.29) is 12.5 Å². The van der Waals surface area contributed by atoms with E-state index in [1.54, 1.807) is 31.2 Å². The molecule has 0 bridgehead atoms. The zero-order chi connectivity index (χ0) is 14.7. The molecule has 0 radical (unpaired) electrons. The van der Waals surface area contributed by atoms with Gasteiger partial charge in [-0.2, -0.15) is 0 Å². The number of amides is 1. The molecule has 0 saturated heterocycles. The SMILES string of the molecule is COC(=O)C(C)NC(=O)C1=Cc2cc(Cl)ccc2OC1. The molecule has 1 aliphatic rings. The van der Waals surface area contributed by atoms with Gasteiger partial charge in [0.25, 0.3) is 5.91 Å². The number of hydrogen-bond acceptors (Lipinski definition) is 4. The highest BCUT2D eigenvalue weighted by Crippen LogP contribution is 2.28. The molecule has 106 valence electrons. The molecule has 20 heavy (non-hydrogen) atoms. The molecule has 1 aromatic rings. The maximum atomic E-state index is 12.0. The maximum Gasteiger partial charge on any atom is 0.328 e. The molecule has 1 atom stereocenters. The van der Waals surface area contributed by atoms with Gasteiger partial charge in [0.1, 0.15) is 18.4 Å². The van der Waals surface area contributed by atoms with Crippen LogP contribution in [0.4, 0.5) is 0 Å². The lowest BCUT2D eigenvalue weighted by molar-refractivity contribution is -0.144. The first-order valence-electron chi connectivity index (χ1n) is 6.03. The third kappa shape index (κ3) is 3.11. The highest BCUT2D eigenvalue weighted by molar-refractivity contribution is 6.30. The number of rotatable bonds is 3. The Kier molecular flexibility index (Phi) is 4.29. The molecule has 1 aliphatic heterocycles. The normalized spacial score (nSPS) is 14.4. The van der Waals surface area contributed by atoms with E-state index < -0.39 is 12.0 Å². The zero-order valence-electron chi connectivity index (χ0n) is 11.1. The molecule has 1 aromatic carbocycles. The van der Waals surface area contributed by atoms with E-state index in [4.69, 9.17) is 16.3 Å². The minimum Gasteiger partial charge on any atom is -0.488 e. The van der Waals surface area contributed by atoms with Gasteiger partial charge in [-0.05, 0) is 31.2 Å². The second-order valence-corrected chi connectivity index (χ2v) is 4.80. The van der Waals surface area contributed by atoms with Crippen LogP contribution in [0, 0.1) is 0 Å². The van der Waals surface area contributed by atoms with Gasteiger partial charge in [0.05, 0.1) is 12.7 Å². The Morgan fingerprint density at radius 2 is 2.20 bits per heavy atom. The van der Waals surface area contributed by atoms with Crippen LogP contribution in [0.3, 0.4) is 0 Å². The van der Waals surface area contributed by atoms with Crippen molar-refractivity contribution in [3.8, 4) is 5.75 Å². The van der Waals surface area contributed by atoms with Crippen molar-refractivity contribution in [2.75, 3.05) is 13.7 Å². The van der Waals surface area contributed by atoms with E-state index in [9.17, 15) is 9.59 Å². The molecule has 0 aliphatic carbocycles. The number of hydrogen-bond donors (Lipinski definition) is 1. The Hall–Kier alpha value is -2.01. The smallest absolute Gasteiger partial charge is 0.328 e. The molecule has 0 spiro atoms. The number of carbonyl (C=O) groups excluding carboxylic acids is 2. The highest BCUT2D eigenvalue weighted by atomic mass is 35.5. The van der Waals surface area contributed by atoms with Crippen LogP contribution in [0.2, 0.25) is 5.02 Å². The van der Waals surface area contributed by atoms with Gasteiger partial charge in [-0.25, -0.2) is 4.79 Å². The largest absolute Gasteiger partial charge is 0.488 e. The van der Waals surface area contributed by atoms with Crippen LogP contribution in [0.1, 0.15) is 12.5 Å². The molecule has 0 fully saturated rings. The van der Waals surface area contributed by atoms with Gasteiger partial charge in [-0.3, -0.25) is 4.79 Å². The van der Waals surface area contributed by atoms with Gasteiger partial charge in [-0.1, -0.05) is 11.6 Å². The van der Waals surface area contributed by atoms with Crippen LogP contribution in [-0.2, 0) is 14.3 Å². The van der Waals surface area contributed by atoms with Crippen molar-refractivity contribution >= 4 is 29.6 Å². The minimum atomic E-state index is -0.714. The van der Waals surface area contributed by atoms with Gasteiger partial charge >= 0.3 is 5.97 Å². The average Bonchev–Trinajstić information content (AvgIpc) is 2.45. The first-order valence-corrected chi connectivity index (χ1v) is 6.40. The third-order valence-corrected chi connectivity index (χ3v) is 3.11. The standard InChI is InChI=1S/C14H14ClNO4/c1-8(14(18)19-2)16-13(17)10-5-9-6-11(15)3-4-12(9)20-7-10/h3-6,8H,7H2,1-2H3,(H,16,17). The lowest BCUT2D eigenvalue weighted by Crippen LogP contribution is -2.40. The van der Waals surface area contributed by atoms with Crippen molar-refractivity contribution in [3.05, 3.63) is 34.4 Å². The summed E-state index contributed by atoms with van der Waals surface area (Å²) in [6.45, 7) is 1.70. The van der Waals surface area contributed by atoms with Gasteiger partial charge in [0.2, 0.25) is 0 Å². The van der Waals surface area contributed by atoms with Crippen LogP contribution in [0.15, 0.2) is 23.8 Å². The number of carbonyl (C=O) groups is 2. The molecular formula is C14H14ClNO4. The number of esters is 1. The second kappa shape index (κ2) is 5.96. The van der Waals surface area contributed by atoms with Gasteiger partial charge in [0.15, 0.2) is 0 Å². The quantitative estimate of drug-likeness (QED) is 0.864. The summed E-state index contributed by atoms with van der Waals surface area (Å²) in [6.07, 6.45) is 1.70. The monoisotopic (exact) mass is 295 g/mol. The first-order chi connectivity index (χ1) is 9.51. The Labute approximate surface area is 121 Å². The summed E-state index contributed by atoms with van der Waals surface area (Å²) < 4.78 is 10.0. The number of ether oxygens (including phenoxy) is 2. The average molecular weight is 296 g/mol. The predicted octanol–water partition coefficient (Wildman–Crippen LogP) is 1.79. The van der Waals surface area contributed by atoms with Crippen molar-refractivity contribution in [1.29, 1.82) is 0 Å². The molecule has 6 heteroatoms. The van der Waals surface area contributed by atoms with Crippen molar-refractivity contribution < 1.29 is 19.1 Å². The molecule has 1 heterocycles. The molecular weight excluding hydrogens is 282 g/mol. The number of methoxy groups -OCH3 is 1. The lowest BCUT2D eigenvalue weighted by Gasteiger charge is -2.19. The second-order valence-electron chi connectivity index (χ2n) is 4.36. The summed E-state index contributed by atoms with van der Waals surface area (Å²) in [5, 5.41) is 3.11. The summed E-state index contributed by atoms with van der Waals surface area (Å²) in [6, 6.07) is 4.47. The summed E-state index contributed by atoms with van der Waals surface area (Å²) in [7, 11) is 1.27. The van der Waals surface area contributed by atoms with Gasteiger partial charge < -0.3 is 14.8 Å². The minimum absolute atomic E-state index is 0.147. The number of halogens is 1. The third-order valence-electron chi connectivity index (χ3n) is 2.88. The Balaban J connectivity index is 2.14. The van der Waals surface area contributed by atoms with Crippen molar-refractivity contribution in [1.82, 2.24) is 5.32 Å². The fourth-order valence-electron chi connectivity index (χ4n) is 1.80. The molecule has 0 aromatic heterocycles. The molecule has 1 unspecified atom stereocenters. The maximum absolute atomic E-state index is 12.0. The van der Waals surface area contributed by atoms with E-state index in [2.05, 4.69) is 10.1 Å². The van der Waals surface area contributed by atoms with Crippen molar-refractivity contribution in [2.24, 2.45) is 0 Å². The van der Waals surface area contributed by atoms with Crippen LogP contribution in [0.5, 0.6) is 5.75 Å². The van der Waals surface area contributed by atoms with Crippen molar-refractivity contribution in [2.45, 2.75) is 13.0 Å². The first kappa shape index (κ1) is 14.4. The van der Waals surface area contributed by atoms with E-state index >= 15 is 0 Å². The number of fused-ring (bicyclic) bond motifs is 1. The number of nitrogens with one attached hydrogen (secondary N) is 1. The van der Waals surface area contributed by atoms with E-state index in [1.165, 1.54) is 7.11 Å². The summed E-state index contributed by atoms with van der Waals surface area (Å²) in [5.41, 5.74) is 1.16. The lowest BCUT2D eigenvalue weighted by atomic mass is 10.1. The molecule has 0 saturated carbocycles. The Morgan fingerprint density at radius 1 is 1.45 bits per heavy atom. The summed E-state index contributed by atoms with van der Waals surface area (Å²) in [4.78, 5) is 23.3. The van der Waals surface area contributed by atoms with Crippen molar-refractivity contribution in [3.63, 3.8) is 0 Å². The molecule has 1 N–H and O–H groups in total. The molecule has 2 rings (SSSR count). The summed E-state index contributed by atoms with van der Waals surface area (Å²) >= 11 is 5.90. The molecule has 5 nitrogen and oxygen atoms in total. The van der Waals surface area contributed by atoms with Gasteiger partial charge in [-0.15, -0.1) is 0 Å². The summed E-state index contributed by atoms with van der Waals surface area (Å²) in [5.74, 6) is -0.195. The van der Waals surface area contributed by atoms with E-state index in [0.29, 0.717) is 16.3 Å². The number of benzene rings is 1. The Morgan fingerprint density at radius 3 is 2.90 bits per heavy atom. The fraction of sp³-hybridized carbons (Fsp3) is 0.286. The molecule has 1 amide bonds.